The smallest absolute Gasteiger partial charge is 0.253 e. The van der Waals surface area contributed by atoms with Crippen LogP contribution in [0.5, 0.6) is 0 Å². The minimum absolute atomic E-state index is 0.0677. The van der Waals surface area contributed by atoms with Crippen molar-refractivity contribution in [3.05, 3.63) is 35.4 Å². The van der Waals surface area contributed by atoms with Gasteiger partial charge in [-0.15, -0.1) is 0 Å². The van der Waals surface area contributed by atoms with Gasteiger partial charge in [0.2, 0.25) is 0 Å². The number of ether oxygens (including phenoxy) is 1. The summed E-state index contributed by atoms with van der Waals surface area (Å²) in [5.41, 5.74) is 2.09. The fraction of sp³-hybridized carbons (Fsp3) is 0.650. The zero-order chi connectivity index (χ0) is 18.2. The van der Waals surface area contributed by atoms with Crippen molar-refractivity contribution in [1.29, 1.82) is 0 Å². The molecule has 0 aromatic heterocycles. The SMILES string of the molecule is O=C(c1cccc(C2CCCNC2)c1)N1CCN(CCOCCO)CC1. The number of rotatable bonds is 7. The number of nitrogens with zero attached hydrogens (tertiary/aromatic N) is 2. The molecule has 6 heteroatoms. The molecule has 2 heterocycles. The molecule has 1 aromatic rings. The van der Waals surface area contributed by atoms with Crippen LogP contribution >= 0.6 is 0 Å². The van der Waals surface area contributed by atoms with Crippen LogP contribution in [0.4, 0.5) is 0 Å². The molecule has 26 heavy (non-hydrogen) atoms. The first kappa shape index (κ1) is 19.3. The van der Waals surface area contributed by atoms with Crippen LogP contribution in [0.2, 0.25) is 0 Å². The third kappa shape index (κ3) is 5.27. The average Bonchev–Trinajstić information content (AvgIpc) is 2.72. The summed E-state index contributed by atoms with van der Waals surface area (Å²) in [6, 6.07) is 8.21. The Morgan fingerprint density at radius 1 is 1.23 bits per heavy atom. The molecule has 2 N–H and O–H groups in total. The molecular formula is C20H31N3O3. The van der Waals surface area contributed by atoms with Crippen molar-refractivity contribution in [2.75, 3.05) is 65.6 Å². The van der Waals surface area contributed by atoms with E-state index in [1.165, 1.54) is 18.4 Å². The lowest BCUT2D eigenvalue weighted by Gasteiger charge is -2.34. The summed E-state index contributed by atoms with van der Waals surface area (Å²) in [5, 5.41) is 12.2. The predicted octanol–water partition coefficient (Wildman–Crippen LogP) is 0.920. The van der Waals surface area contributed by atoms with Crippen LogP contribution < -0.4 is 5.32 Å². The molecule has 0 bridgehead atoms. The highest BCUT2D eigenvalue weighted by Gasteiger charge is 2.23. The zero-order valence-electron chi connectivity index (χ0n) is 15.5. The van der Waals surface area contributed by atoms with Gasteiger partial charge in [-0.2, -0.15) is 0 Å². The molecule has 1 aromatic carbocycles. The summed E-state index contributed by atoms with van der Waals surface area (Å²) < 4.78 is 5.32. The van der Waals surface area contributed by atoms with Crippen LogP contribution in [0.15, 0.2) is 24.3 Å². The Morgan fingerprint density at radius 3 is 2.81 bits per heavy atom. The normalized spacial score (nSPS) is 21.7. The van der Waals surface area contributed by atoms with Gasteiger partial charge >= 0.3 is 0 Å². The Balaban J connectivity index is 1.50. The van der Waals surface area contributed by atoms with Crippen molar-refractivity contribution in [2.24, 2.45) is 0 Å². The van der Waals surface area contributed by atoms with Gasteiger partial charge < -0.3 is 20.1 Å². The van der Waals surface area contributed by atoms with Gasteiger partial charge in [-0.25, -0.2) is 0 Å². The summed E-state index contributed by atoms with van der Waals surface area (Å²) in [6.45, 7) is 7.32. The fourth-order valence-corrected chi connectivity index (χ4v) is 3.78. The van der Waals surface area contributed by atoms with Crippen LogP contribution in [0.25, 0.3) is 0 Å². The molecule has 2 saturated heterocycles. The van der Waals surface area contributed by atoms with Crippen molar-refractivity contribution in [3.63, 3.8) is 0 Å². The van der Waals surface area contributed by atoms with Gasteiger partial charge in [-0.1, -0.05) is 12.1 Å². The lowest BCUT2D eigenvalue weighted by molar-refractivity contribution is 0.0486. The first-order valence-electron chi connectivity index (χ1n) is 9.79. The van der Waals surface area contributed by atoms with E-state index in [9.17, 15) is 4.79 Å². The van der Waals surface area contributed by atoms with Crippen LogP contribution in [-0.4, -0.2) is 86.4 Å². The number of benzene rings is 1. The number of aliphatic hydroxyl groups is 1. The van der Waals surface area contributed by atoms with Gasteiger partial charge in [0.25, 0.3) is 5.91 Å². The lowest BCUT2D eigenvalue weighted by atomic mass is 9.90. The Morgan fingerprint density at radius 2 is 2.08 bits per heavy atom. The zero-order valence-corrected chi connectivity index (χ0v) is 15.5. The molecule has 2 aliphatic heterocycles. The van der Waals surface area contributed by atoms with E-state index in [0.717, 1.165) is 51.4 Å². The number of carbonyl (C=O) groups is 1. The maximum absolute atomic E-state index is 12.9. The van der Waals surface area contributed by atoms with E-state index in [4.69, 9.17) is 9.84 Å². The molecule has 3 rings (SSSR count). The maximum atomic E-state index is 12.9. The van der Waals surface area contributed by atoms with Gasteiger partial charge in [0, 0.05) is 44.8 Å². The highest BCUT2D eigenvalue weighted by Crippen LogP contribution is 2.24. The van der Waals surface area contributed by atoms with Crippen LogP contribution in [0.1, 0.15) is 34.7 Å². The molecule has 0 saturated carbocycles. The number of aliphatic hydroxyl groups excluding tert-OH is 1. The highest BCUT2D eigenvalue weighted by atomic mass is 16.5. The Kier molecular flexibility index (Phi) is 7.43. The number of carbonyl (C=O) groups excluding carboxylic acids is 1. The van der Waals surface area contributed by atoms with E-state index >= 15 is 0 Å². The molecule has 0 aliphatic carbocycles. The van der Waals surface area contributed by atoms with Crippen molar-refractivity contribution in [1.82, 2.24) is 15.1 Å². The summed E-state index contributed by atoms with van der Waals surface area (Å²) in [4.78, 5) is 17.2. The largest absolute Gasteiger partial charge is 0.394 e. The summed E-state index contributed by atoms with van der Waals surface area (Å²) >= 11 is 0. The van der Waals surface area contributed by atoms with Crippen molar-refractivity contribution < 1.29 is 14.6 Å². The first-order valence-corrected chi connectivity index (χ1v) is 9.79. The van der Waals surface area contributed by atoms with Crippen LogP contribution in [-0.2, 0) is 4.74 Å². The average molecular weight is 361 g/mol. The van der Waals surface area contributed by atoms with E-state index in [0.29, 0.717) is 19.1 Å². The van der Waals surface area contributed by atoms with Gasteiger partial charge in [0.15, 0.2) is 0 Å². The van der Waals surface area contributed by atoms with Crippen LogP contribution in [0, 0.1) is 0 Å². The van der Waals surface area contributed by atoms with E-state index < -0.39 is 0 Å². The molecule has 144 valence electrons. The molecular weight excluding hydrogens is 330 g/mol. The Labute approximate surface area is 156 Å². The van der Waals surface area contributed by atoms with E-state index in [1.54, 1.807) is 0 Å². The van der Waals surface area contributed by atoms with Crippen molar-refractivity contribution in [2.45, 2.75) is 18.8 Å². The summed E-state index contributed by atoms with van der Waals surface area (Å²) in [5.74, 6) is 0.666. The van der Waals surface area contributed by atoms with Gasteiger partial charge in [-0.05, 0) is 43.0 Å². The molecule has 0 spiro atoms. The Hall–Kier alpha value is -1.47. The quantitative estimate of drug-likeness (QED) is 0.707. The molecule has 1 unspecified atom stereocenters. The lowest BCUT2D eigenvalue weighted by Crippen LogP contribution is -2.49. The van der Waals surface area contributed by atoms with Crippen LogP contribution in [0.3, 0.4) is 0 Å². The number of hydrogen-bond acceptors (Lipinski definition) is 5. The number of nitrogens with one attached hydrogen (secondary N) is 1. The molecule has 2 fully saturated rings. The second kappa shape index (κ2) is 10.0. The number of piperazine rings is 1. The second-order valence-electron chi connectivity index (χ2n) is 7.14. The minimum atomic E-state index is 0.0677. The third-order valence-corrected chi connectivity index (χ3v) is 5.35. The van der Waals surface area contributed by atoms with E-state index in [2.05, 4.69) is 22.3 Å². The molecule has 6 nitrogen and oxygen atoms in total. The minimum Gasteiger partial charge on any atom is -0.394 e. The fourth-order valence-electron chi connectivity index (χ4n) is 3.78. The number of hydrogen-bond donors (Lipinski definition) is 2. The predicted molar refractivity (Wildman–Crippen MR) is 102 cm³/mol. The highest BCUT2D eigenvalue weighted by molar-refractivity contribution is 5.94. The van der Waals surface area contributed by atoms with Gasteiger partial charge in [0.1, 0.15) is 0 Å². The van der Waals surface area contributed by atoms with E-state index in [1.807, 2.05) is 17.0 Å². The van der Waals surface area contributed by atoms with Crippen molar-refractivity contribution >= 4 is 5.91 Å². The van der Waals surface area contributed by atoms with Gasteiger partial charge in [-0.3, -0.25) is 9.69 Å². The summed E-state index contributed by atoms with van der Waals surface area (Å²) in [7, 11) is 0. The number of amides is 1. The topological polar surface area (TPSA) is 65.0 Å². The maximum Gasteiger partial charge on any atom is 0.253 e. The molecule has 1 atom stereocenters. The third-order valence-electron chi connectivity index (χ3n) is 5.35. The number of piperidine rings is 1. The van der Waals surface area contributed by atoms with Gasteiger partial charge in [0.05, 0.1) is 19.8 Å². The van der Waals surface area contributed by atoms with E-state index in [-0.39, 0.29) is 12.5 Å². The first-order chi connectivity index (χ1) is 12.8. The molecule has 2 aliphatic rings. The monoisotopic (exact) mass is 361 g/mol. The standard InChI is InChI=1S/C20H31N3O3/c24-12-14-26-13-11-22-7-9-23(10-8-22)20(25)18-4-1-3-17(15-18)19-5-2-6-21-16-19/h1,3-4,15,19,21,24H,2,5-14,16H2. The molecule has 0 radical (unpaired) electrons. The summed E-state index contributed by atoms with van der Waals surface area (Å²) in [6.07, 6.45) is 2.40. The second-order valence-corrected chi connectivity index (χ2v) is 7.14. The molecule has 1 amide bonds. The van der Waals surface area contributed by atoms with Crippen molar-refractivity contribution in [3.8, 4) is 0 Å². The Bertz CT molecular complexity index is 567.